The van der Waals surface area contributed by atoms with E-state index in [-0.39, 0.29) is 18.9 Å². The van der Waals surface area contributed by atoms with Crippen molar-refractivity contribution in [2.45, 2.75) is 57.5 Å². The van der Waals surface area contributed by atoms with Gasteiger partial charge in [0.2, 0.25) is 5.91 Å². The number of carbonyl (C=O) groups is 3. The first kappa shape index (κ1) is 22.8. The number of alkyl carbamates (subject to hydrolysis) is 1. The lowest BCUT2D eigenvalue weighted by Crippen LogP contribution is -2.56. The van der Waals surface area contributed by atoms with Crippen molar-refractivity contribution in [3.8, 4) is 11.1 Å². The lowest BCUT2D eigenvalue weighted by atomic mass is 9.86. The van der Waals surface area contributed by atoms with Gasteiger partial charge < -0.3 is 20.5 Å². The Kier molecular flexibility index (Phi) is 5.91. The van der Waals surface area contributed by atoms with Crippen LogP contribution in [-0.4, -0.2) is 41.3 Å². The summed E-state index contributed by atoms with van der Waals surface area (Å²) in [6.45, 7) is 5.69. The minimum atomic E-state index is -0.954. The highest BCUT2D eigenvalue weighted by Crippen LogP contribution is 2.44. The van der Waals surface area contributed by atoms with Crippen LogP contribution >= 0.6 is 0 Å². The maximum Gasteiger partial charge on any atom is 0.407 e. The van der Waals surface area contributed by atoms with Crippen LogP contribution in [0, 0.1) is 5.41 Å². The molecule has 2 aliphatic rings. The van der Waals surface area contributed by atoms with Gasteiger partial charge in [-0.1, -0.05) is 69.3 Å². The number of hydrogen-bond donors (Lipinski definition) is 3. The van der Waals surface area contributed by atoms with Crippen molar-refractivity contribution in [2.75, 3.05) is 6.61 Å². The highest BCUT2D eigenvalue weighted by Gasteiger charge is 2.48. The molecule has 7 nitrogen and oxygen atoms in total. The highest BCUT2D eigenvalue weighted by atomic mass is 16.5. The van der Waals surface area contributed by atoms with Gasteiger partial charge in [0.05, 0.1) is 12.0 Å². The second-order valence-corrected chi connectivity index (χ2v) is 10.1. The largest absolute Gasteiger partial charge is 0.481 e. The van der Waals surface area contributed by atoms with E-state index in [4.69, 9.17) is 9.84 Å². The van der Waals surface area contributed by atoms with Gasteiger partial charge in [0, 0.05) is 5.92 Å². The first-order chi connectivity index (χ1) is 15.6. The normalized spacial score (nSPS) is 16.8. The van der Waals surface area contributed by atoms with Crippen molar-refractivity contribution >= 4 is 18.0 Å². The van der Waals surface area contributed by atoms with Crippen LogP contribution in [0.25, 0.3) is 11.1 Å². The minimum Gasteiger partial charge on any atom is -0.481 e. The average Bonchev–Trinajstić information content (AvgIpc) is 3.41. The molecule has 0 heterocycles. The Hall–Kier alpha value is -3.35. The first-order valence-electron chi connectivity index (χ1n) is 11.2. The molecule has 0 radical (unpaired) electrons. The molecule has 1 fully saturated rings. The Bertz CT molecular complexity index is 1040. The van der Waals surface area contributed by atoms with Gasteiger partial charge in [-0.2, -0.15) is 0 Å². The summed E-state index contributed by atoms with van der Waals surface area (Å²) in [5.41, 5.74) is 3.20. The first-order valence-corrected chi connectivity index (χ1v) is 11.2. The van der Waals surface area contributed by atoms with Gasteiger partial charge in [-0.15, -0.1) is 0 Å². The average molecular weight is 451 g/mol. The van der Waals surface area contributed by atoms with Gasteiger partial charge in [0.1, 0.15) is 12.6 Å². The Labute approximate surface area is 193 Å². The zero-order valence-corrected chi connectivity index (χ0v) is 19.2. The predicted molar refractivity (Wildman–Crippen MR) is 124 cm³/mol. The summed E-state index contributed by atoms with van der Waals surface area (Å²) in [7, 11) is 0. The third-order valence-electron chi connectivity index (χ3n) is 6.47. The topological polar surface area (TPSA) is 105 Å². The summed E-state index contributed by atoms with van der Waals surface area (Å²) in [4.78, 5) is 36.8. The number of hydrogen-bond acceptors (Lipinski definition) is 4. The molecule has 0 saturated heterocycles. The van der Waals surface area contributed by atoms with Crippen LogP contribution in [-0.2, 0) is 14.3 Å². The summed E-state index contributed by atoms with van der Waals surface area (Å²) < 4.78 is 5.60. The van der Waals surface area contributed by atoms with Crippen molar-refractivity contribution in [1.29, 1.82) is 0 Å². The lowest BCUT2D eigenvalue weighted by Gasteiger charge is -2.31. The van der Waals surface area contributed by atoms with Crippen LogP contribution < -0.4 is 10.6 Å². The molecule has 1 atom stereocenters. The molecule has 2 aliphatic carbocycles. The molecule has 0 aliphatic heterocycles. The fraction of sp³-hybridized carbons (Fsp3) is 0.423. The van der Waals surface area contributed by atoms with E-state index in [0.717, 1.165) is 22.3 Å². The Morgan fingerprint density at radius 3 is 2.06 bits per heavy atom. The van der Waals surface area contributed by atoms with Gasteiger partial charge >= 0.3 is 12.1 Å². The number of amides is 2. The van der Waals surface area contributed by atoms with E-state index >= 15 is 0 Å². The van der Waals surface area contributed by atoms with Crippen LogP contribution in [0.4, 0.5) is 4.79 Å². The Balaban J connectivity index is 1.43. The molecule has 4 rings (SSSR count). The van der Waals surface area contributed by atoms with Gasteiger partial charge in [0.15, 0.2) is 0 Å². The van der Waals surface area contributed by atoms with Crippen molar-refractivity contribution in [3.63, 3.8) is 0 Å². The third kappa shape index (κ3) is 4.87. The van der Waals surface area contributed by atoms with E-state index in [2.05, 4.69) is 22.8 Å². The van der Waals surface area contributed by atoms with Crippen LogP contribution in [0.15, 0.2) is 48.5 Å². The molecule has 0 bridgehead atoms. The van der Waals surface area contributed by atoms with Crippen molar-refractivity contribution in [2.24, 2.45) is 5.41 Å². The van der Waals surface area contributed by atoms with Gasteiger partial charge in [-0.3, -0.25) is 9.59 Å². The molecule has 2 aromatic carbocycles. The van der Waals surface area contributed by atoms with Crippen LogP contribution in [0.5, 0.6) is 0 Å². The molecular formula is C26H30N2O5. The Morgan fingerprint density at radius 2 is 1.58 bits per heavy atom. The molecule has 3 N–H and O–H groups in total. The maximum absolute atomic E-state index is 13.0. The van der Waals surface area contributed by atoms with Crippen molar-refractivity contribution in [1.82, 2.24) is 10.6 Å². The number of nitrogens with one attached hydrogen (secondary N) is 2. The minimum absolute atomic E-state index is 0.0737. The summed E-state index contributed by atoms with van der Waals surface area (Å²) in [6.07, 6.45) is 0.440. The van der Waals surface area contributed by atoms with E-state index in [9.17, 15) is 14.4 Å². The van der Waals surface area contributed by atoms with E-state index in [1.807, 2.05) is 57.2 Å². The fourth-order valence-corrected chi connectivity index (χ4v) is 4.55. The SMILES string of the molecule is CC(C)(C)C(NC(=O)OCC1c2ccccc2-c2ccccc21)C(=O)NC1(CC(=O)O)CC1. The molecule has 1 saturated carbocycles. The molecule has 2 amide bonds. The number of carboxylic acid groups (broad SMARTS) is 1. The zero-order chi connectivity index (χ0) is 23.8. The van der Waals surface area contributed by atoms with Crippen LogP contribution in [0.3, 0.4) is 0 Å². The number of benzene rings is 2. The number of rotatable bonds is 7. The standard InChI is InChI=1S/C26H30N2O5/c1-25(2,3)22(23(31)28-26(12-13-26)14-21(29)30)27-24(32)33-15-20-18-10-6-4-8-16(18)17-9-5-7-11-19(17)20/h4-11,20,22H,12-15H2,1-3H3,(H,27,32)(H,28,31)(H,29,30). The molecule has 2 aromatic rings. The molecule has 1 unspecified atom stereocenters. The fourth-order valence-electron chi connectivity index (χ4n) is 4.55. The van der Waals surface area contributed by atoms with Crippen molar-refractivity contribution < 1.29 is 24.2 Å². The number of ether oxygens (including phenoxy) is 1. The quantitative estimate of drug-likeness (QED) is 0.590. The number of carbonyl (C=O) groups excluding carboxylic acids is 2. The highest BCUT2D eigenvalue weighted by molar-refractivity contribution is 5.88. The van der Waals surface area contributed by atoms with Crippen LogP contribution in [0.2, 0.25) is 0 Å². The number of fused-ring (bicyclic) bond motifs is 3. The molecular weight excluding hydrogens is 420 g/mol. The second kappa shape index (κ2) is 8.54. The van der Waals surface area contributed by atoms with Crippen LogP contribution in [0.1, 0.15) is 57.1 Å². The number of carboxylic acids is 1. The molecule has 0 spiro atoms. The summed E-state index contributed by atoms with van der Waals surface area (Å²) >= 11 is 0. The monoisotopic (exact) mass is 450 g/mol. The maximum atomic E-state index is 13.0. The molecule has 174 valence electrons. The molecule has 0 aromatic heterocycles. The van der Waals surface area contributed by atoms with E-state index < -0.39 is 35.0 Å². The van der Waals surface area contributed by atoms with E-state index in [1.54, 1.807) is 0 Å². The summed E-state index contributed by atoms with van der Waals surface area (Å²) in [5.74, 6) is -1.42. The van der Waals surface area contributed by atoms with Crippen molar-refractivity contribution in [3.05, 3.63) is 59.7 Å². The second-order valence-electron chi connectivity index (χ2n) is 10.1. The van der Waals surface area contributed by atoms with Gasteiger partial charge in [0.25, 0.3) is 0 Å². The van der Waals surface area contributed by atoms with E-state index in [0.29, 0.717) is 12.8 Å². The smallest absolute Gasteiger partial charge is 0.407 e. The Morgan fingerprint density at radius 1 is 1.03 bits per heavy atom. The predicted octanol–water partition coefficient (Wildman–Crippen LogP) is 4.06. The lowest BCUT2D eigenvalue weighted by molar-refractivity contribution is -0.138. The zero-order valence-electron chi connectivity index (χ0n) is 19.2. The molecule has 7 heteroatoms. The van der Waals surface area contributed by atoms with Gasteiger partial charge in [-0.05, 0) is 40.5 Å². The summed E-state index contributed by atoms with van der Waals surface area (Å²) in [6, 6.07) is 15.3. The third-order valence-corrected chi connectivity index (χ3v) is 6.47. The van der Waals surface area contributed by atoms with E-state index in [1.165, 1.54) is 0 Å². The van der Waals surface area contributed by atoms with Gasteiger partial charge in [-0.25, -0.2) is 4.79 Å². The summed E-state index contributed by atoms with van der Waals surface area (Å²) in [5, 5.41) is 14.7. The number of aliphatic carboxylic acids is 1. The molecule has 33 heavy (non-hydrogen) atoms.